The summed E-state index contributed by atoms with van der Waals surface area (Å²) in [4.78, 5) is 3.23. The predicted molar refractivity (Wildman–Crippen MR) is 55.6 cm³/mol. The third-order valence-corrected chi connectivity index (χ3v) is 2.46. The highest BCUT2D eigenvalue weighted by Gasteiger charge is 2.01. The van der Waals surface area contributed by atoms with Gasteiger partial charge in [-0.15, -0.1) is 0 Å². The Morgan fingerprint density at radius 2 is 2.23 bits per heavy atom. The minimum Gasteiger partial charge on any atom is -0.361 e. The van der Waals surface area contributed by atoms with E-state index in [-0.39, 0.29) is 0 Å². The van der Waals surface area contributed by atoms with Crippen LogP contribution in [0.5, 0.6) is 0 Å². The first-order valence-corrected chi connectivity index (χ1v) is 4.64. The van der Waals surface area contributed by atoms with Crippen LogP contribution in [-0.4, -0.2) is 4.98 Å². The largest absolute Gasteiger partial charge is 0.361 e. The standard InChI is InChI=1S/C11H14N2/c1-2-8-3-4-10-9(6-12)7-13-11(10)5-8/h3-5,7,13H,2,6,12H2,1H3. The molecule has 3 N–H and O–H groups in total. The van der Waals surface area contributed by atoms with E-state index in [0.717, 1.165) is 6.42 Å². The second-order valence-electron chi connectivity index (χ2n) is 3.25. The normalized spacial score (nSPS) is 10.9. The van der Waals surface area contributed by atoms with E-state index in [2.05, 4.69) is 30.1 Å². The molecule has 0 saturated heterocycles. The summed E-state index contributed by atoms with van der Waals surface area (Å²) in [5.74, 6) is 0. The number of rotatable bonds is 2. The minimum atomic E-state index is 0.603. The van der Waals surface area contributed by atoms with Crippen LogP contribution in [0.3, 0.4) is 0 Å². The smallest absolute Gasteiger partial charge is 0.0460 e. The van der Waals surface area contributed by atoms with Gasteiger partial charge in [0, 0.05) is 23.6 Å². The first-order chi connectivity index (χ1) is 6.35. The number of hydrogen-bond acceptors (Lipinski definition) is 1. The zero-order valence-corrected chi connectivity index (χ0v) is 7.80. The summed E-state index contributed by atoms with van der Waals surface area (Å²) < 4.78 is 0. The van der Waals surface area contributed by atoms with E-state index in [1.165, 1.54) is 22.0 Å². The molecule has 2 heteroatoms. The maximum Gasteiger partial charge on any atom is 0.0460 e. The summed E-state index contributed by atoms with van der Waals surface area (Å²) in [6.07, 6.45) is 3.07. The summed E-state index contributed by atoms with van der Waals surface area (Å²) in [5.41, 5.74) is 9.36. The molecule has 0 radical (unpaired) electrons. The van der Waals surface area contributed by atoms with Crippen molar-refractivity contribution in [1.29, 1.82) is 0 Å². The van der Waals surface area contributed by atoms with Crippen LogP contribution in [-0.2, 0) is 13.0 Å². The van der Waals surface area contributed by atoms with Gasteiger partial charge in [-0.05, 0) is 23.6 Å². The molecule has 0 saturated carbocycles. The molecule has 0 aliphatic rings. The van der Waals surface area contributed by atoms with Gasteiger partial charge in [-0.25, -0.2) is 0 Å². The van der Waals surface area contributed by atoms with Gasteiger partial charge >= 0.3 is 0 Å². The van der Waals surface area contributed by atoms with Gasteiger partial charge in [0.05, 0.1) is 0 Å². The Bertz CT molecular complexity index is 415. The van der Waals surface area contributed by atoms with Crippen molar-refractivity contribution in [2.75, 3.05) is 0 Å². The number of hydrogen-bond donors (Lipinski definition) is 2. The number of benzene rings is 1. The van der Waals surface area contributed by atoms with Crippen molar-refractivity contribution in [3.05, 3.63) is 35.5 Å². The van der Waals surface area contributed by atoms with Crippen LogP contribution in [0.1, 0.15) is 18.1 Å². The highest BCUT2D eigenvalue weighted by molar-refractivity contribution is 5.83. The van der Waals surface area contributed by atoms with Crippen LogP contribution >= 0.6 is 0 Å². The second-order valence-corrected chi connectivity index (χ2v) is 3.25. The molecule has 1 aromatic heterocycles. The fraction of sp³-hybridized carbons (Fsp3) is 0.273. The lowest BCUT2D eigenvalue weighted by Gasteiger charge is -1.97. The van der Waals surface area contributed by atoms with Crippen molar-refractivity contribution in [2.45, 2.75) is 19.9 Å². The highest BCUT2D eigenvalue weighted by atomic mass is 14.7. The zero-order valence-electron chi connectivity index (χ0n) is 7.80. The number of aromatic amines is 1. The first-order valence-electron chi connectivity index (χ1n) is 4.64. The number of aromatic nitrogens is 1. The molecule has 2 aromatic rings. The quantitative estimate of drug-likeness (QED) is 0.720. The Labute approximate surface area is 77.8 Å². The molecule has 0 unspecified atom stereocenters. The third kappa shape index (κ3) is 1.33. The maximum absolute atomic E-state index is 5.61. The van der Waals surface area contributed by atoms with E-state index in [1.807, 2.05) is 6.20 Å². The van der Waals surface area contributed by atoms with E-state index in [4.69, 9.17) is 5.73 Å². The summed E-state index contributed by atoms with van der Waals surface area (Å²) in [7, 11) is 0. The van der Waals surface area contributed by atoms with Gasteiger partial charge in [-0.2, -0.15) is 0 Å². The minimum absolute atomic E-state index is 0.603. The van der Waals surface area contributed by atoms with E-state index in [9.17, 15) is 0 Å². The molecule has 68 valence electrons. The van der Waals surface area contributed by atoms with Gasteiger partial charge in [-0.3, -0.25) is 0 Å². The van der Waals surface area contributed by atoms with Crippen molar-refractivity contribution in [3.8, 4) is 0 Å². The second kappa shape index (κ2) is 3.23. The van der Waals surface area contributed by atoms with Crippen molar-refractivity contribution in [3.63, 3.8) is 0 Å². The van der Waals surface area contributed by atoms with E-state index in [1.54, 1.807) is 0 Å². The SMILES string of the molecule is CCc1ccc2c(CN)c[nH]c2c1. The Morgan fingerprint density at radius 3 is 2.92 bits per heavy atom. The fourth-order valence-electron chi connectivity index (χ4n) is 1.62. The highest BCUT2D eigenvalue weighted by Crippen LogP contribution is 2.19. The Balaban J connectivity index is 2.61. The van der Waals surface area contributed by atoms with E-state index >= 15 is 0 Å². The maximum atomic E-state index is 5.61. The molecular weight excluding hydrogens is 160 g/mol. The molecular formula is C11H14N2. The molecule has 0 aliphatic heterocycles. The number of nitrogens with two attached hydrogens (primary N) is 1. The molecule has 1 aromatic carbocycles. The van der Waals surface area contributed by atoms with Gasteiger partial charge in [0.1, 0.15) is 0 Å². The van der Waals surface area contributed by atoms with Gasteiger partial charge in [0.15, 0.2) is 0 Å². The molecule has 13 heavy (non-hydrogen) atoms. The van der Waals surface area contributed by atoms with Crippen LogP contribution in [0.4, 0.5) is 0 Å². The van der Waals surface area contributed by atoms with Crippen LogP contribution in [0.2, 0.25) is 0 Å². The average Bonchev–Trinajstić information content (AvgIpc) is 2.59. The van der Waals surface area contributed by atoms with Crippen LogP contribution < -0.4 is 5.73 Å². The van der Waals surface area contributed by atoms with Crippen molar-refractivity contribution < 1.29 is 0 Å². The molecule has 0 amide bonds. The zero-order chi connectivity index (χ0) is 9.26. The van der Waals surface area contributed by atoms with E-state index < -0.39 is 0 Å². The summed E-state index contributed by atoms with van der Waals surface area (Å²) in [5, 5.41) is 1.25. The fourth-order valence-corrected chi connectivity index (χ4v) is 1.62. The molecule has 1 heterocycles. The summed E-state index contributed by atoms with van der Waals surface area (Å²) in [6.45, 7) is 2.76. The molecule has 2 nitrogen and oxygen atoms in total. The van der Waals surface area contributed by atoms with Crippen LogP contribution in [0, 0.1) is 0 Å². The monoisotopic (exact) mass is 174 g/mol. The van der Waals surface area contributed by atoms with Crippen LogP contribution in [0.25, 0.3) is 10.9 Å². The molecule has 0 fully saturated rings. The number of aryl methyl sites for hydroxylation is 1. The number of H-pyrrole nitrogens is 1. The predicted octanol–water partition coefficient (Wildman–Crippen LogP) is 2.19. The molecule has 2 rings (SSSR count). The average molecular weight is 174 g/mol. The van der Waals surface area contributed by atoms with Gasteiger partial charge in [-0.1, -0.05) is 19.1 Å². The topological polar surface area (TPSA) is 41.8 Å². The lowest BCUT2D eigenvalue weighted by Crippen LogP contribution is -1.93. The molecule has 0 bridgehead atoms. The lowest BCUT2D eigenvalue weighted by atomic mass is 10.1. The van der Waals surface area contributed by atoms with Crippen molar-refractivity contribution in [2.24, 2.45) is 5.73 Å². The Morgan fingerprint density at radius 1 is 1.38 bits per heavy atom. The Hall–Kier alpha value is -1.28. The summed E-state index contributed by atoms with van der Waals surface area (Å²) in [6, 6.07) is 6.50. The van der Waals surface area contributed by atoms with Gasteiger partial charge < -0.3 is 10.7 Å². The lowest BCUT2D eigenvalue weighted by molar-refractivity contribution is 1.08. The van der Waals surface area contributed by atoms with Crippen molar-refractivity contribution in [1.82, 2.24) is 4.98 Å². The number of nitrogens with one attached hydrogen (secondary N) is 1. The summed E-state index contributed by atoms with van der Waals surface area (Å²) >= 11 is 0. The van der Waals surface area contributed by atoms with Gasteiger partial charge in [0.2, 0.25) is 0 Å². The first kappa shape index (κ1) is 8.32. The molecule has 0 atom stereocenters. The van der Waals surface area contributed by atoms with Crippen LogP contribution in [0.15, 0.2) is 24.4 Å². The molecule has 0 spiro atoms. The van der Waals surface area contributed by atoms with E-state index in [0.29, 0.717) is 6.54 Å². The number of fused-ring (bicyclic) bond motifs is 1. The third-order valence-electron chi connectivity index (χ3n) is 2.46. The Kier molecular flexibility index (Phi) is 2.07. The molecule has 0 aliphatic carbocycles. The van der Waals surface area contributed by atoms with Crippen molar-refractivity contribution >= 4 is 10.9 Å². The van der Waals surface area contributed by atoms with Gasteiger partial charge in [0.25, 0.3) is 0 Å².